The molecule has 0 saturated carbocycles. The number of amides is 1. The summed E-state index contributed by atoms with van der Waals surface area (Å²) in [6.45, 7) is 7.45. The summed E-state index contributed by atoms with van der Waals surface area (Å²) in [5.74, 6) is -1.01. The lowest BCUT2D eigenvalue weighted by Gasteiger charge is -2.26. The third-order valence-electron chi connectivity index (χ3n) is 3.45. The predicted molar refractivity (Wildman–Crippen MR) is 78.7 cm³/mol. The minimum absolute atomic E-state index is 0.0822. The van der Waals surface area contributed by atoms with E-state index in [4.69, 9.17) is 5.11 Å². The van der Waals surface area contributed by atoms with E-state index in [1.807, 2.05) is 52.0 Å². The van der Waals surface area contributed by atoms with Gasteiger partial charge in [0, 0.05) is 12.5 Å². The molecule has 0 spiro atoms. The molecular weight excluding hydrogens is 254 g/mol. The number of hydrogen-bond donors (Lipinski definition) is 1. The molecule has 1 unspecified atom stereocenters. The first-order chi connectivity index (χ1) is 9.32. The highest BCUT2D eigenvalue weighted by Crippen LogP contribution is 2.23. The third-order valence-corrected chi connectivity index (χ3v) is 3.45. The van der Waals surface area contributed by atoms with Crippen LogP contribution in [0.15, 0.2) is 24.3 Å². The molecule has 0 aliphatic heterocycles. The topological polar surface area (TPSA) is 57.6 Å². The molecule has 0 aliphatic carbocycles. The van der Waals surface area contributed by atoms with Crippen molar-refractivity contribution in [3.63, 3.8) is 0 Å². The summed E-state index contributed by atoms with van der Waals surface area (Å²) in [6.07, 6.45) is 0.330. The molecule has 0 heterocycles. The number of nitrogens with zero attached hydrogens (tertiary/aromatic N) is 1. The Hall–Kier alpha value is -1.84. The van der Waals surface area contributed by atoms with Crippen molar-refractivity contribution in [2.45, 2.75) is 46.1 Å². The van der Waals surface area contributed by atoms with E-state index in [9.17, 15) is 9.59 Å². The Morgan fingerprint density at radius 3 is 2.30 bits per heavy atom. The van der Waals surface area contributed by atoms with Gasteiger partial charge in [0.1, 0.15) is 6.54 Å². The summed E-state index contributed by atoms with van der Waals surface area (Å²) in [5, 5.41) is 8.88. The van der Waals surface area contributed by atoms with E-state index in [1.165, 1.54) is 4.90 Å². The van der Waals surface area contributed by atoms with Gasteiger partial charge in [0.25, 0.3) is 0 Å². The highest BCUT2D eigenvalue weighted by molar-refractivity contribution is 5.82. The van der Waals surface area contributed by atoms with Crippen LogP contribution in [0.3, 0.4) is 0 Å². The molecule has 0 fully saturated rings. The molecule has 1 aromatic carbocycles. The van der Waals surface area contributed by atoms with Gasteiger partial charge in [0.2, 0.25) is 5.91 Å². The van der Waals surface area contributed by atoms with E-state index < -0.39 is 5.97 Å². The number of carboxylic acids is 1. The van der Waals surface area contributed by atoms with Crippen molar-refractivity contribution in [2.24, 2.45) is 0 Å². The number of carbonyl (C=O) groups excluding carboxylic acids is 1. The highest BCUT2D eigenvalue weighted by atomic mass is 16.4. The Bertz CT molecular complexity index is 482. The van der Waals surface area contributed by atoms with Crippen molar-refractivity contribution in [1.82, 2.24) is 4.90 Å². The standard InChI is InChI=1S/C16H23NO3/c1-11(2)17(10-16(19)20)15(18)9-13(4)14-8-6-5-7-12(14)3/h5-8,11,13H,9-10H2,1-4H3,(H,19,20). The van der Waals surface area contributed by atoms with Crippen LogP contribution >= 0.6 is 0 Å². The summed E-state index contributed by atoms with van der Waals surface area (Å²) in [4.78, 5) is 24.5. The van der Waals surface area contributed by atoms with E-state index in [1.54, 1.807) is 0 Å². The van der Waals surface area contributed by atoms with Crippen molar-refractivity contribution in [2.75, 3.05) is 6.54 Å². The van der Waals surface area contributed by atoms with Gasteiger partial charge in [-0.05, 0) is 37.8 Å². The van der Waals surface area contributed by atoms with E-state index in [2.05, 4.69) is 0 Å². The quantitative estimate of drug-likeness (QED) is 0.870. The minimum atomic E-state index is -0.976. The van der Waals surface area contributed by atoms with Crippen molar-refractivity contribution in [3.05, 3.63) is 35.4 Å². The Morgan fingerprint density at radius 2 is 1.80 bits per heavy atom. The zero-order chi connectivity index (χ0) is 15.3. The van der Waals surface area contributed by atoms with E-state index >= 15 is 0 Å². The smallest absolute Gasteiger partial charge is 0.323 e. The second kappa shape index (κ2) is 7.08. The Balaban J connectivity index is 2.78. The fourth-order valence-corrected chi connectivity index (χ4v) is 2.33. The van der Waals surface area contributed by atoms with Gasteiger partial charge in [-0.2, -0.15) is 0 Å². The largest absolute Gasteiger partial charge is 0.480 e. The van der Waals surface area contributed by atoms with Gasteiger partial charge in [0.15, 0.2) is 0 Å². The van der Waals surface area contributed by atoms with Crippen LogP contribution < -0.4 is 0 Å². The first-order valence-corrected chi connectivity index (χ1v) is 6.89. The SMILES string of the molecule is Cc1ccccc1C(C)CC(=O)N(CC(=O)O)C(C)C. The van der Waals surface area contributed by atoms with Crippen molar-refractivity contribution < 1.29 is 14.7 Å². The molecule has 1 atom stereocenters. The number of benzene rings is 1. The van der Waals surface area contributed by atoms with E-state index in [0.717, 1.165) is 11.1 Å². The fourth-order valence-electron chi connectivity index (χ4n) is 2.33. The molecule has 4 heteroatoms. The molecular formula is C16H23NO3. The monoisotopic (exact) mass is 277 g/mol. The van der Waals surface area contributed by atoms with Crippen molar-refractivity contribution >= 4 is 11.9 Å². The molecule has 1 N–H and O–H groups in total. The number of aliphatic carboxylic acids is 1. The summed E-state index contributed by atoms with van der Waals surface area (Å²) in [7, 11) is 0. The molecule has 1 amide bonds. The summed E-state index contributed by atoms with van der Waals surface area (Å²) >= 11 is 0. The van der Waals surface area contributed by atoms with Gasteiger partial charge in [-0.25, -0.2) is 0 Å². The zero-order valence-electron chi connectivity index (χ0n) is 12.6. The Labute approximate surface area is 120 Å². The van der Waals surface area contributed by atoms with Gasteiger partial charge in [0.05, 0.1) is 0 Å². The van der Waals surface area contributed by atoms with Gasteiger partial charge >= 0.3 is 5.97 Å². The molecule has 0 saturated heterocycles. The van der Waals surface area contributed by atoms with Gasteiger partial charge in [-0.1, -0.05) is 31.2 Å². The molecule has 20 heavy (non-hydrogen) atoms. The average Bonchev–Trinajstić information content (AvgIpc) is 2.35. The van der Waals surface area contributed by atoms with Gasteiger partial charge < -0.3 is 10.0 Å². The van der Waals surface area contributed by atoms with Crippen LogP contribution in [0.25, 0.3) is 0 Å². The van der Waals surface area contributed by atoms with Crippen LogP contribution in [-0.2, 0) is 9.59 Å². The molecule has 0 aliphatic rings. The van der Waals surface area contributed by atoms with Crippen LogP contribution in [0, 0.1) is 6.92 Å². The van der Waals surface area contributed by atoms with E-state index in [0.29, 0.717) is 6.42 Å². The second-order valence-corrected chi connectivity index (χ2v) is 5.47. The second-order valence-electron chi connectivity index (χ2n) is 5.47. The van der Waals surface area contributed by atoms with Crippen LogP contribution in [0.5, 0.6) is 0 Å². The number of carboxylic acid groups (broad SMARTS) is 1. The highest BCUT2D eigenvalue weighted by Gasteiger charge is 2.22. The summed E-state index contributed by atoms with van der Waals surface area (Å²) < 4.78 is 0. The third kappa shape index (κ3) is 4.37. The maximum absolute atomic E-state index is 12.3. The molecule has 0 radical (unpaired) electrons. The normalized spacial score (nSPS) is 12.2. The summed E-state index contributed by atoms with van der Waals surface area (Å²) in [5.41, 5.74) is 2.29. The molecule has 110 valence electrons. The molecule has 1 rings (SSSR count). The van der Waals surface area contributed by atoms with Crippen LogP contribution in [0.1, 0.15) is 44.2 Å². The predicted octanol–water partition coefficient (Wildman–Crippen LogP) is 2.81. The maximum Gasteiger partial charge on any atom is 0.323 e. The van der Waals surface area contributed by atoms with Crippen molar-refractivity contribution in [3.8, 4) is 0 Å². The maximum atomic E-state index is 12.3. The number of aryl methyl sites for hydroxylation is 1. The first-order valence-electron chi connectivity index (χ1n) is 6.89. The minimum Gasteiger partial charge on any atom is -0.480 e. The lowest BCUT2D eigenvalue weighted by atomic mass is 9.93. The van der Waals surface area contributed by atoms with Crippen molar-refractivity contribution in [1.29, 1.82) is 0 Å². The zero-order valence-corrected chi connectivity index (χ0v) is 12.6. The lowest BCUT2D eigenvalue weighted by Crippen LogP contribution is -2.41. The lowest BCUT2D eigenvalue weighted by molar-refractivity contribution is -0.145. The van der Waals surface area contributed by atoms with E-state index in [-0.39, 0.29) is 24.4 Å². The van der Waals surface area contributed by atoms with Crippen LogP contribution in [-0.4, -0.2) is 34.5 Å². The molecule has 1 aromatic rings. The first kappa shape index (κ1) is 16.2. The fraction of sp³-hybridized carbons (Fsp3) is 0.500. The van der Waals surface area contributed by atoms with Gasteiger partial charge in [-0.3, -0.25) is 9.59 Å². The Morgan fingerprint density at radius 1 is 1.20 bits per heavy atom. The molecule has 0 aromatic heterocycles. The van der Waals surface area contributed by atoms with Crippen LogP contribution in [0.2, 0.25) is 0 Å². The number of hydrogen-bond acceptors (Lipinski definition) is 2. The van der Waals surface area contributed by atoms with Gasteiger partial charge in [-0.15, -0.1) is 0 Å². The van der Waals surface area contributed by atoms with Crippen LogP contribution in [0.4, 0.5) is 0 Å². The number of rotatable bonds is 6. The number of carbonyl (C=O) groups is 2. The molecule has 0 bridgehead atoms. The Kier molecular flexibility index (Phi) is 5.74. The molecule has 4 nitrogen and oxygen atoms in total. The average molecular weight is 277 g/mol. The summed E-state index contributed by atoms with van der Waals surface area (Å²) in [6, 6.07) is 7.86.